The average molecular weight is 294 g/mol. The average Bonchev–Trinajstić information content (AvgIpc) is 3.09. The Morgan fingerprint density at radius 3 is 3.00 bits per heavy atom. The zero-order chi connectivity index (χ0) is 15.0. The van der Waals surface area contributed by atoms with Crippen molar-refractivity contribution < 1.29 is 19.2 Å². The Bertz CT molecular complexity index is 525. The maximum absolute atomic E-state index is 10.9. The second kappa shape index (κ2) is 5.40. The molecule has 4 unspecified atom stereocenters. The molecule has 1 aromatic heterocycles. The molecule has 0 aromatic carbocycles. The third-order valence-electron chi connectivity index (χ3n) is 4.65. The largest absolute Gasteiger partial charge is 0.481 e. The smallest absolute Gasteiger partial charge is 0.307 e. The quantitative estimate of drug-likeness (QED) is 0.898. The van der Waals surface area contributed by atoms with Crippen molar-refractivity contribution in [2.75, 3.05) is 6.61 Å². The number of rotatable bonds is 5. The van der Waals surface area contributed by atoms with E-state index < -0.39 is 11.6 Å². The van der Waals surface area contributed by atoms with E-state index in [-0.39, 0.29) is 11.8 Å². The second-order valence-corrected chi connectivity index (χ2v) is 6.37. The lowest BCUT2D eigenvalue weighted by Crippen LogP contribution is -2.36. The van der Waals surface area contributed by atoms with Gasteiger partial charge in [0.15, 0.2) is 0 Å². The highest BCUT2D eigenvalue weighted by Gasteiger charge is 2.49. The van der Waals surface area contributed by atoms with Crippen molar-refractivity contribution in [3.8, 4) is 0 Å². The van der Waals surface area contributed by atoms with Gasteiger partial charge < -0.3 is 14.4 Å². The molecule has 3 rings (SSSR count). The highest BCUT2D eigenvalue weighted by atomic mass is 16.5. The Hall–Kier alpha value is -1.43. The molecule has 0 saturated heterocycles. The molecular formula is C15H22N2O4. The van der Waals surface area contributed by atoms with Gasteiger partial charge in [-0.25, -0.2) is 0 Å². The van der Waals surface area contributed by atoms with Crippen molar-refractivity contribution in [3.05, 3.63) is 11.7 Å². The fraction of sp³-hybridized carbons (Fsp3) is 0.800. The van der Waals surface area contributed by atoms with E-state index in [4.69, 9.17) is 14.4 Å². The first-order valence-electron chi connectivity index (χ1n) is 7.76. The lowest BCUT2D eigenvalue weighted by atomic mass is 9.78. The van der Waals surface area contributed by atoms with Crippen LogP contribution in [0.15, 0.2) is 4.52 Å². The van der Waals surface area contributed by atoms with Gasteiger partial charge in [-0.1, -0.05) is 18.5 Å². The molecule has 6 nitrogen and oxygen atoms in total. The predicted molar refractivity (Wildman–Crippen MR) is 73.7 cm³/mol. The molecule has 0 bridgehead atoms. The Balaban J connectivity index is 1.81. The number of carbonyl (C=O) groups is 1. The summed E-state index contributed by atoms with van der Waals surface area (Å²) >= 11 is 0. The number of aromatic nitrogens is 2. The van der Waals surface area contributed by atoms with Gasteiger partial charge in [-0.2, -0.15) is 4.98 Å². The maximum atomic E-state index is 10.9. The van der Waals surface area contributed by atoms with Crippen LogP contribution in [-0.4, -0.2) is 27.8 Å². The van der Waals surface area contributed by atoms with E-state index in [1.54, 1.807) is 0 Å². The molecule has 0 aliphatic heterocycles. The van der Waals surface area contributed by atoms with Gasteiger partial charge in [0.05, 0.1) is 11.8 Å². The van der Waals surface area contributed by atoms with Crippen LogP contribution in [-0.2, 0) is 15.1 Å². The van der Waals surface area contributed by atoms with Crippen molar-refractivity contribution in [1.82, 2.24) is 10.1 Å². The van der Waals surface area contributed by atoms with Crippen LogP contribution < -0.4 is 0 Å². The number of hydrogen-bond donors (Lipinski definition) is 1. The van der Waals surface area contributed by atoms with Crippen molar-refractivity contribution in [2.45, 2.75) is 57.5 Å². The van der Waals surface area contributed by atoms with Gasteiger partial charge >= 0.3 is 5.97 Å². The predicted octanol–water partition coefficient (Wildman–Crippen LogP) is 2.70. The number of nitrogens with zero attached hydrogens (tertiary/aromatic N) is 2. The molecule has 0 amide bonds. The molecular weight excluding hydrogens is 272 g/mol. The van der Waals surface area contributed by atoms with E-state index in [1.807, 2.05) is 6.92 Å². The Labute approximate surface area is 123 Å². The summed E-state index contributed by atoms with van der Waals surface area (Å²) in [7, 11) is 0. The van der Waals surface area contributed by atoms with Crippen LogP contribution in [0.5, 0.6) is 0 Å². The lowest BCUT2D eigenvalue weighted by molar-refractivity contribution is -0.138. The molecule has 2 aliphatic rings. The highest BCUT2D eigenvalue weighted by molar-refractivity contribution is 5.74. The van der Waals surface area contributed by atoms with Gasteiger partial charge in [0.1, 0.15) is 5.60 Å². The third kappa shape index (κ3) is 2.69. The van der Waals surface area contributed by atoms with Crippen LogP contribution in [0.3, 0.4) is 0 Å². The van der Waals surface area contributed by atoms with E-state index in [0.717, 1.165) is 19.3 Å². The van der Waals surface area contributed by atoms with Crippen LogP contribution in [0.2, 0.25) is 0 Å². The molecule has 4 atom stereocenters. The molecule has 0 radical (unpaired) electrons. The van der Waals surface area contributed by atoms with E-state index in [2.05, 4.69) is 17.1 Å². The van der Waals surface area contributed by atoms with Gasteiger partial charge in [-0.05, 0) is 38.5 Å². The Morgan fingerprint density at radius 2 is 2.38 bits per heavy atom. The summed E-state index contributed by atoms with van der Waals surface area (Å²) < 4.78 is 11.3. The summed E-state index contributed by atoms with van der Waals surface area (Å²) in [6.07, 6.45) is 4.68. The van der Waals surface area contributed by atoms with Crippen molar-refractivity contribution >= 4 is 5.97 Å². The maximum Gasteiger partial charge on any atom is 0.307 e. The molecule has 6 heteroatoms. The summed E-state index contributed by atoms with van der Waals surface area (Å²) in [6, 6.07) is 0. The zero-order valence-corrected chi connectivity index (χ0v) is 12.5. The van der Waals surface area contributed by atoms with Crippen LogP contribution in [0.4, 0.5) is 0 Å². The van der Waals surface area contributed by atoms with E-state index in [0.29, 0.717) is 30.7 Å². The van der Waals surface area contributed by atoms with Crippen LogP contribution in [0.1, 0.15) is 63.6 Å². The van der Waals surface area contributed by atoms with Crippen LogP contribution in [0.25, 0.3) is 0 Å². The minimum atomic E-state index is -0.787. The van der Waals surface area contributed by atoms with Crippen molar-refractivity contribution in [2.24, 2.45) is 11.8 Å². The van der Waals surface area contributed by atoms with Gasteiger partial charge in [0.2, 0.25) is 11.7 Å². The Kier molecular flexibility index (Phi) is 3.73. The van der Waals surface area contributed by atoms with E-state index >= 15 is 0 Å². The van der Waals surface area contributed by atoms with Gasteiger partial charge in [0, 0.05) is 6.61 Å². The number of carboxylic acid groups (broad SMARTS) is 1. The van der Waals surface area contributed by atoms with Gasteiger partial charge in [-0.3, -0.25) is 4.79 Å². The molecule has 116 valence electrons. The summed E-state index contributed by atoms with van der Waals surface area (Å²) in [5, 5.41) is 13.1. The monoisotopic (exact) mass is 294 g/mol. The summed E-state index contributed by atoms with van der Waals surface area (Å²) in [4.78, 5) is 15.4. The van der Waals surface area contributed by atoms with Gasteiger partial charge in [0.25, 0.3) is 0 Å². The summed E-state index contributed by atoms with van der Waals surface area (Å²) in [6.45, 7) is 4.80. The lowest BCUT2D eigenvalue weighted by Gasteiger charge is -2.37. The number of aliphatic carboxylic acids is 1. The third-order valence-corrected chi connectivity index (χ3v) is 4.65. The number of carboxylic acids is 1. The SMILES string of the molecule is CCOC1(c2noc(C3CC3C(=O)O)n2)CCCC(C)C1. The molecule has 1 heterocycles. The van der Waals surface area contributed by atoms with Crippen molar-refractivity contribution in [1.29, 1.82) is 0 Å². The van der Waals surface area contributed by atoms with Crippen LogP contribution in [0, 0.1) is 11.8 Å². The van der Waals surface area contributed by atoms with E-state index in [9.17, 15) is 4.79 Å². The summed E-state index contributed by atoms with van der Waals surface area (Å²) in [5.41, 5.74) is -0.457. The molecule has 2 aliphatic carbocycles. The summed E-state index contributed by atoms with van der Waals surface area (Å²) in [5.74, 6) is 0.345. The topological polar surface area (TPSA) is 85.5 Å². The van der Waals surface area contributed by atoms with Crippen LogP contribution >= 0.6 is 0 Å². The van der Waals surface area contributed by atoms with E-state index in [1.165, 1.54) is 6.42 Å². The molecule has 1 N–H and O–H groups in total. The number of hydrogen-bond acceptors (Lipinski definition) is 5. The first-order valence-corrected chi connectivity index (χ1v) is 7.76. The first-order chi connectivity index (χ1) is 10.1. The van der Waals surface area contributed by atoms with Gasteiger partial charge in [-0.15, -0.1) is 0 Å². The fourth-order valence-electron chi connectivity index (χ4n) is 3.49. The molecule has 21 heavy (non-hydrogen) atoms. The number of ether oxygens (including phenoxy) is 1. The minimum Gasteiger partial charge on any atom is -0.481 e. The minimum absolute atomic E-state index is 0.122. The molecule has 0 spiro atoms. The molecule has 2 fully saturated rings. The highest BCUT2D eigenvalue weighted by Crippen LogP contribution is 2.48. The first kappa shape index (κ1) is 14.5. The standard InChI is InChI=1S/C15H22N2O4/c1-3-20-15(6-4-5-9(2)8-15)14-16-12(21-17-14)10-7-11(10)13(18)19/h9-11H,3-8H2,1-2H3,(H,18,19). The van der Waals surface area contributed by atoms with Crippen molar-refractivity contribution in [3.63, 3.8) is 0 Å². The second-order valence-electron chi connectivity index (χ2n) is 6.37. The zero-order valence-electron chi connectivity index (χ0n) is 12.5. The molecule has 2 saturated carbocycles. The molecule has 1 aromatic rings. The normalized spacial score (nSPS) is 35.6. The Morgan fingerprint density at radius 1 is 1.57 bits per heavy atom. The fourth-order valence-corrected chi connectivity index (χ4v) is 3.49.